The van der Waals surface area contributed by atoms with E-state index >= 15 is 0 Å². The van der Waals surface area contributed by atoms with Crippen LogP contribution in [0.4, 0.5) is 0 Å². The van der Waals surface area contributed by atoms with Gasteiger partial charge in [0.25, 0.3) is 0 Å². The molecule has 2 aromatic rings. The third kappa shape index (κ3) is 2.50. The van der Waals surface area contributed by atoms with Gasteiger partial charge in [-0.25, -0.2) is 9.97 Å². The van der Waals surface area contributed by atoms with Crippen molar-refractivity contribution in [3.05, 3.63) is 23.7 Å². The number of halogens is 1. The lowest BCUT2D eigenvalue weighted by molar-refractivity contribution is -0.132. The van der Waals surface area contributed by atoms with Gasteiger partial charge in [-0.2, -0.15) is 0 Å². The van der Waals surface area contributed by atoms with Gasteiger partial charge in [-0.15, -0.1) is 11.6 Å². The van der Waals surface area contributed by atoms with Crippen LogP contribution in [0.1, 0.15) is 42.7 Å². The first-order valence-corrected chi connectivity index (χ1v) is 7.64. The van der Waals surface area contributed by atoms with E-state index in [-0.39, 0.29) is 17.3 Å². The number of aromatic nitrogens is 3. The maximum atomic E-state index is 11.7. The van der Waals surface area contributed by atoms with Crippen molar-refractivity contribution in [2.24, 2.45) is 0 Å². The normalized spacial score (nSPS) is 21.0. The summed E-state index contributed by atoms with van der Waals surface area (Å²) < 4.78 is 2.13. The molecule has 3 heterocycles. The van der Waals surface area contributed by atoms with Crippen LogP contribution in [0, 0.1) is 6.92 Å². The second-order valence-corrected chi connectivity index (χ2v) is 6.37. The lowest BCUT2D eigenvalue weighted by Crippen LogP contribution is -2.38. The molecule has 2 atom stereocenters. The number of amides is 1. The zero-order chi connectivity index (χ0) is 15.1. The molecule has 0 aliphatic carbocycles. The molecule has 112 valence electrons. The molecule has 2 aromatic heterocycles. The summed E-state index contributed by atoms with van der Waals surface area (Å²) >= 11 is 6.31. The van der Waals surface area contributed by atoms with Crippen molar-refractivity contribution in [3.63, 3.8) is 0 Å². The summed E-state index contributed by atoms with van der Waals surface area (Å²) in [4.78, 5) is 22.8. The number of alkyl halides is 1. The van der Waals surface area contributed by atoms with E-state index in [0.717, 1.165) is 29.1 Å². The molecule has 1 aliphatic rings. The summed E-state index contributed by atoms with van der Waals surface area (Å²) in [5.74, 6) is 1.03. The monoisotopic (exact) mass is 306 g/mol. The van der Waals surface area contributed by atoms with Crippen LogP contribution in [0.25, 0.3) is 11.2 Å². The molecule has 0 radical (unpaired) electrons. The van der Waals surface area contributed by atoms with Crippen LogP contribution >= 0.6 is 11.6 Å². The fraction of sp³-hybridized carbons (Fsp3) is 0.533. The van der Waals surface area contributed by atoms with Crippen molar-refractivity contribution < 1.29 is 4.79 Å². The number of carbonyl (C=O) groups is 1. The van der Waals surface area contributed by atoms with E-state index in [1.165, 1.54) is 0 Å². The van der Waals surface area contributed by atoms with E-state index in [9.17, 15) is 4.79 Å². The maximum Gasteiger partial charge on any atom is 0.222 e. The van der Waals surface area contributed by atoms with Gasteiger partial charge in [-0.05, 0) is 32.4 Å². The Bertz CT molecular complexity index is 694. The van der Waals surface area contributed by atoms with Crippen molar-refractivity contribution in [1.82, 2.24) is 19.4 Å². The first-order chi connectivity index (χ1) is 9.97. The van der Waals surface area contributed by atoms with Gasteiger partial charge in [-0.3, -0.25) is 4.79 Å². The highest BCUT2D eigenvalue weighted by Gasteiger charge is 2.28. The van der Waals surface area contributed by atoms with Crippen LogP contribution in [-0.2, 0) is 4.79 Å². The summed E-state index contributed by atoms with van der Waals surface area (Å²) in [5, 5.41) is -0.192. The van der Waals surface area contributed by atoms with E-state index in [1.54, 1.807) is 4.90 Å². The predicted molar refractivity (Wildman–Crippen MR) is 82.4 cm³/mol. The minimum atomic E-state index is -0.192. The van der Waals surface area contributed by atoms with E-state index in [1.807, 2.05) is 33.0 Å². The molecule has 0 bridgehead atoms. The summed E-state index contributed by atoms with van der Waals surface area (Å²) in [7, 11) is 1.84. The van der Waals surface area contributed by atoms with Gasteiger partial charge in [0.15, 0.2) is 5.65 Å². The van der Waals surface area contributed by atoms with Crippen molar-refractivity contribution in [1.29, 1.82) is 0 Å². The van der Waals surface area contributed by atoms with Gasteiger partial charge in [0.2, 0.25) is 5.91 Å². The molecule has 1 aliphatic heterocycles. The summed E-state index contributed by atoms with van der Waals surface area (Å²) in [6.07, 6.45) is 1.36. The number of imidazole rings is 1. The molecule has 2 unspecified atom stereocenters. The number of fused-ring (bicyclic) bond motifs is 1. The van der Waals surface area contributed by atoms with Crippen molar-refractivity contribution in [3.8, 4) is 0 Å². The van der Waals surface area contributed by atoms with Gasteiger partial charge < -0.3 is 9.47 Å². The van der Waals surface area contributed by atoms with E-state index in [4.69, 9.17) is 11.6 Å². The fourth-order valence-corrected chi connectivity index (χ4v) is 3.08. The molecule has 0 saturated carbocycles. The zero-order valence-corrected chi connectivity index (χ0v) is 13.3. The summed E-state index contributed by atoms with van der Waals surface area (Å²) in [6.45, 7) is 4.57. The number of rotatable bonds is 2. The van der Waals surface area contributed by atoms with E-state index in [0.29, 0.717) is 13.0 Å². The van der Waals surface area contributed by atoms with Crippen molar-refractivity contribution in [2.45, 2.75) is 38.1 Å². The minimum Gasteiger partial charge on any atom is -0.344 e. The number of piperidine rings is 1. The lowest BCUT2D eigenvalue weighted by atomic mass is 10.1. The highest BCUT2D eigenvalue weighted by Crippen LogP contribution is 2.31. The third-order valence-corrected chi connectivity index (χ3v) is 4.22. The maximum absolute atomic E-state index is 11.7. The SMILES string of the molecule is Cc1ccc2nc(C(C)Cl)n(C3CCC(=O)N(C)C3)c2n1. The highest BCUT2D eigenvalue weighted by atomic mass is 35.5. The van der Waals surface area contributed by atoms with E-state index < -0.39 is 0 Å². The largest absolute Gasteiger partial charge is 0.344 e. The second-order valence-electron chi connectivity index (χ2n) is 5.72. The molecule has 0 spiro atoms. The Kier molecular flexibility index (Phi) is 3.61. The van der Waals surface area contributed by atoms with Crippen molar-refractivity contribution >= 4 is 28.7 Å². The van der Waals surface area contributed by atoms with Crippen LogP contribution < -0.4 is 0 Å². The van der Waals surface area contributed by atoms with E-state index in [2.05, 4.69) is 14.5 Å². The minimum absolute atomic E-state index is 0.184. The van der Waals surface area contributed by atoms with Gasteiger partial charge in [0, 0.05) is 25.7 Å². The number of likely N-dealkylation sites (N-methyl/N-ethyl adjacent to an activating group) is 1. The molecule has 21 heavy (non-hydrogen) atoms. The molecule has 1 saturated heterocycles. The molecular formula is C15H19ClN4O. The molecule has 1 fully saturated rings. The Morgan fingerprint density at radius 1 is 1.38 bits per heavy atom. The average molecular weight is 307 g/mol. The molecular weight excluding hydrogens is 288 g/mol. The quantitative estimate of drug-likeness (QED) is 0.802. The van der Waals surface area contributed by atoms with Gasteiger partial charge in [0.1, 0.15) is 11.3 Å². The smallest absolute Gasteiger partial charge is 0.222 e. The molecule has 6 heteroatoms. The van der Waals surface area contributed by atoms with Gasteiger partial charge in [0.05, 0.1) is 11.4 Å². The van der Waals surface area contributed by atoms with Gasteiger partial charge in [-0.1, -0.05) is 0 Å². The van der Waals surface area contributed by atoms with Crippen molar-refractivity contribution in [2.75, 3.05) is 13.6 Å². The molecule has 3 rings (SSSR count). The number of hydrogen-bond acceptors (Lipinski definition) is 3. The first kappa shape index (κ1) is 14.3. The molecule has 0 aromatic carbocycles. The standard InChI is InChI=1S/C15H19ClN4O/c1-9-4-6-12-15(17-9)20(14(18-12)10(2)16)11-5-7-13(21)19(3)8-11/h4,6,10-11H,5,7-8H2,1-3H3. The molecule has 5 nitrogen and oxygen atoms in total. The highest BCUT2D eigenvalue weighted by molar-refractivity contribution is 6.20. The van der Waals surface area contributed by atoms with Crippen LogP contribution in [0.15, 0.2) is 12.1 Å². The third-order valence-electron chi connectivity index (χ3n) is 4.03. The Balaban J connectivity index is 2.13. The number of nitrogens with zero attached hydrogens (tertiary/aromatic N) is 4. The Hall–Kier alpha value is -1.62. The Labute approximate surface area is 128 Å². The average Bonchev–Trinajstić information content (AvgIpc) is 2.80. The number of pyridine rings is 1. The zero-order valence-electron chi connectivity index (χ0n) is 12.5. The second kappa shape index (κ2) is 5.30. The number of aryl methyl sites for hydroxylation is 1. The number of likely N-dealkylation sites (tertiary alicyclic amines) is 1. The fourth-order valence-electron chi connectivity index (χ4n) is 2.93. The topological polar surface area (TPSA) is 51.0 Å². The lowest BCUT2D eigenvalue weighted by Gasteiger charge is -2.31. The molecule has 1 amide bonds. The summed E-state index contributed by atoms with van der Waals surface area (Å²) in [6, 6.07) is 4.12. The van der Waals surface area contributed by atoms with Crippen LogP contribution in [0.2, 0.25) is 0 Å². The number of hydrogen-bond donors (Lipinski definition) is 0. The molecule has 0 N–H and O–H groups in total. The Morgan fingerprint density at radius 3 is 2.81 bits per heavy atom. The first-order valence-electron chi connectivity index (χ1n) is 7.21. The van der Waals surface area contributed by atoms with Crippen LogP contribution in [0.3, 0.4) is 0 Å². The van der Waals surface area contributed by atoms with Gasteiger partial charge >= 0.3 is 0 Å². The predicted octanol–water partition coefficient (Wildman–Crippen LogP) is 2.83. The summed E-state index contributed by atoms with van der Waals surface area (Å²) in [5.41, 5.74) is 2.69. The van der Waals surface area contributed by atoms with Crippen LogP contribution in [0.5, 0.6) is 0 Å². The number of carbonyl (C=O) groups excluding carboxylic acids is 1. The Morgan fingerprint density at radius 2 is 2.14 bits per heavy atom. The van der Waals surface area contributed by atoms with Crippen LogP contribution in [-0.4, -0.2) is 38.9 Å².